The molecule has 0 spiro atoms. The predicted molar refractivity (Wildman–Crippen MR) is 85.6 cm³/mol. The first-order valence-corrected chi connectivity index (χ1v) is 8.82. The van der Waals surface area contributed by atoms with Gasteiger partial charge in [0.25, 0.3) is 15.9 Å². The highest BCUT2D eigenvalue weighted by atomic mass is 32.2. The number of rotatable bonds is 4. The highest BCUT2D eigenvalue weighted by molar-refractivity contribution is 7.90. The van der Waals surface area contributed by atoms with Crippen molar-refractivity contribution in [1.82, 2.24) is 4.31 Å². The van der Waals surface area contributed by atoms with Crippen LogP contribution in [-0.2, 0) is 19.6 Å². The molecule has 0 radical (unpaired) electrons. The third kappa shape index (κ3) is 2.46. The van der Waals surface area contributed by atoms with Crippen LogP contribution in [0.2, 0.25) is 0 Å². The van der Waals surface area contributed by atoms with E-state index in [1.54, 1.807) is 43.3 Å². The summed E-state index contributed by atoms with van der Waals surface area (Å²) in [6.07, 6.45) is 0. The van der Waals surface area contributed by atoms with E-state index in [9.17, 15) is 18.0 Å². The second-order valence-corrected chi connectivity index (χ2v) is 6.95. The molecule has 0 fully saturated rings. The van der Waals surface area contributed by atoms with E-state index in [4.69, 9.17) is 4.74 Å². The molecule has 3 rings (SSSR count). The zero-order chi connectivity index (χ0) is 17.3. The highest BCUT2D eigenvalue weighted by Gasteiger charge is 2.48. The van der Waals surface area contributed by atoms with Crippen LogP contribution in [0.15, 0.2) is 59.5 Å². The summed E-state index contributed by atoms with van der Waals surface area (Å²) in [5.41, 5.74) is 0.434. The molecule has 0 saturated carbocycles. The number of nitrogens with zero attached hydrogens (tertiary/aromatic N) is 1. The Kier molecular flexibility index (Phi) is 4.11. The van der Waals surface area contributed by atoms with Gasteiger partial charge in [-0.15, -0.1) is 0 Å². The Labute approximate surface area is 139 Å². The number of sulfonamides is 1. The van der Waals surface area contributed by atoms with Crippen LogP contribution in [0.3, 0.4) is 0 Å². The SMILES string of the molecule is CCOC(=O)[C@H](c1ccccc1)N1C(=O)c2ccccc2S1(=O)=O. The third-order valence-electron chi connectivity index (χ3n) is 3.71. The molecular formula is C17H15NO5S. The van der Waals surface area contributed by atoms with E-state index in [0.717, 1.165) is 0 Å². The number of fused-ring (bicyclic) bond motifs is 1. The van der Waals surface area contributed by atoms with Gasteiger partial charge in [-0.3, -0.25) is 4.79 Å². The molecule has 0 unspecified atom stereocenters. The summed E-state index contributed by atoms with van der Waals surface area (Å²) in [6.45, 7) is 1.70. The molecule has 0 aliphatic carbocycles. The van der Waals surface area contributed by atoms with Crippen molar-refractivity contribution in [2.45, 2.75) is 17.9 Å². The summed E-state index contributed by atoms with van der Waals surface area (Å²) in [5.74, 6) is -1.51. The molecular weight excluding hydrogens is 330 g/mol. The van der Waals surface area contributed by atoms with E-state index >= 15 is 0 Å². The van der Waals surface area contributed by atoms with E-state index in [2.05, 4.69) is 0 Å². The fourth-order valence-corrected chi connectivity index (χ4v) is 4.38. The van der Waals surface area contributed by atoms with Crippen molar-refractivity contribution in [3.63, 3.8) is 0 Å². The number of esters is 1. The quantitative estimate of drug-likeness (QED) is 0.793. The Morgan fingerprint density at radius 3 is 2.33 bits per heavy atom. The molecule has 0 N–H and O–H groups in total. The highest BCUT2D eigenvalue weighted by Crippen LogP contribution is 2.37. The first kappa shape index (κ1) is 16.2. The molecule has 1 aliphatic heterocycles. The molecule has 6 nitrogen and oxygen atoms in total. The van der Waals surface area contributed by atoms with Crippen molar-refractivity contribution in [2.24, 2.45) is 0 Å². The van der Waals surface area contributed by atoms with Gasteiger partial charge in [-0.25, -0.2) is 17.5 Å². The van der Waals surface area contributed by atoms with Gasteiger partial charge in [-0.05, 0) is 24.6 Å². The number of hydrogen-bond acceptors (Lipinski definition) is 5. The number of carbonyl (C=O) groups excluding carboxylic acids is 2. The van der Waals surface area contributed by atoms with Crippen LogP contribution in [0.25, 0.3) is 0 Å². The lowest BCUT2D eigenvalue weighted by molar-refractivity contribution is -0.147. The van der Waals surface area contributed by atoms with Crippen molar-refractivity contribution in [3.05, 3.63) is 65.7 Å². The lowest BCUT2D eigenvalue weighted by Gasteiger charge is -2.25. The van der Waals surface area contributed by atoms with Gasteiger partial charge >= 0.3 is 5.97 Å². The predicted octanol–water partition coefficient (Wildman–Crippen LogP) is 2.14. The first-order valence-electron chi connectivity index (χ1n) is 7.38. The van der Waals surface area contributed by atoms with Crippen LogP contribution in [0.1, 0.15) is 28.9 Å². The summed E-state index contributed by atoms with van der Waals surface area (Å²) in [4.78, 5) is 25.0. The summed E-state index contributed by atoms with van der Waals surface area (Å²) < 4.78 is 31.3. The molecule has 2 aromatic carbocycles. The molecule has 1 aliphatic rings. The normalized spacial score (nSPS) is 16.5. The fraction of sp³-hybridized carbons (Fsp3) is 0.176. The Balaban J connectivity index is 2.16. The minimum atomic E-state index is -4.12. The van der Waals surface area contributed by atoms with E-state index in [1.165, 1.54) is 18.2 Å². The number of carbonyl (C=O) groups is 2. The van der Waals surface area contributed by atoms with Crippen molar-refractivity contribution < 1.29 is 22.7 Å². The molecule has 1 heterocycles. The summed E-state index contributed by atoms with van der Waals surface area (Å²) in [5, 5.41) is 0. The average molecular weight is 345 g/mol. The van der Waals surface area contributed by atoms with E-state index in [0.29, 0.717) is 9.87 Å². The average Bonchev–Trinajstić information content (AvgIpc) is 2.78. The second-order valence-electron chi connectivity index (χ2n) is 5.17. The van der Waals surface area contributed by atoms with Crippen molar-refractivity contribution in [1.29, 1.82) is 0 Å². The van der Waals surface area contributed by atoms with Gasteiger partial charge in [-0.2, -0.15) is 0 Å². The molecule has 124 valence electrons. The zero-order valence-corrected chi connectivity index (χ0v) is 13.7. The molecule has 24 heavy (non-hydrogen) atoms. The fourth-order valence-electron chi connectivity index (χ4n) is 2.68. The molecule has 1 amide bonds. The van der Waals surface area contributed by atoms with Gasteiger partial charge in [-0.1, -0.05) is 42.5 Å². The summed E-state index contributed by atoms with van der Waals surface area (Å²) in [7, 11) is -4.12. The van der Waals surface area contributed by atoms with Crippen molar-refractivity contribution in [3.8, 4) is 0 Å². The summed E-state index contributed by atoms with van der Waals surface area (Å²) >= 11 is 0. The van der Waals surface area contributed by atoms with Crippen molar-refractivity contribution in [2.75, 3.05) is 6.61 Å². The smallest absolute Gasteiger partial charge is 0.334 e. The molecule has 7 heteroatoms. The van der Waals surface area contributed by atoms with E-state index in [-0.39, 0.29) is 17.1 Å². The second kappa shape index (κ2) is 6.09. The Morgan fingerprint density at radius 2 is 1.71 bits per heavy atom. The number of benzene rings is 2. The molecule has 1 atom stereocenters. The molecule has 0 bridgehead atoms. The number of ether oxygens (including phenoxy) is 1. The van der Waals surface area contributed by atoms with E-state index < -0.39 is 27.9 Å². The van der Waals surface area contributed by atoms with Gasteiger partial charge in [0.15, 0.2) is 6.04 Å². The van der Waals surface area contributed by atoms with Gasteiger partial charge in [0.2, 0.25) is 0 Å². The Hall–Kier alpha value is -2.67. The maximum Gasteiger partial charge on any atom is 0.334 e. The van der Waals surface area contributed by atoms with Gasteiger partial charge in [0.05, 0.1) is 12.2 Å². The number of hydrogen-bond donors (Lipinski definition) is 0. The minimum absolute atomic E-state index is 0.0581. The minimum Gasteiger partial charge on any atom is -0.464 e. The largest absolute Gasteiger partial charge is 0.464 e. The first-order chi connectivity index (χ1) is 11.5. The third-order valence-corrected chi connectivity index (χ3v) is 5.52. The monoisotopic (exact) mass is 345 g/mol. The topological polar surface area (TPSA) is 80.8 Å². The Morgan fingerprint density at radius 1 is 1.08 bits per heavy atom. The lowest BCUT2D eigenvalue weighted by atomic mass is 10.1. The van der Waals surface area contributed by atoms with Crippen LogP contribution in [0, 0.1) is 0 Å². The maximum absolute atomic E-state index is 12.8. The number of amides is 1. The Bertz CT molecular complexity index is 892. The van der Waals surface area contributed by atoms with Crippen LogP contribution in [-0.4, -0.2) is 31.2 Å². The van der Waals surface area contributed by atoms with E-state index in [1.807, 2.05) is 0 Å². The summed E-state index contributed by atoms with van der Waals surface area (Å²) in [6, 6.07) is 12.8. The van der Waals surface area contributed by atoms with Crippen LogP contribution in [0.4, 0.5) is 0 Å². The van der Waals surface area contributed by atoms with Gasteiger partial charge in [0.1, 0.15) is 4.90 Å². The van der Waals surface area contributed by atoms with Crippen LogP contribution in [0.5, 0.6) is 0 Å². The molecule has 0 saturated heterocycles. The van der Waals surface area contributed by atoms with Crippen LogP contribution < -0.4 is 0 Å². The standard InChI is InChI=1S/C17H15NO5S/c1-2-23-17(20)15(12-8-4-3-5-9-12)18-16(19)13-10-6-7-11-14(13)24(18,21)22/h3-11,15H,2H2,1H3/t15-/m0/s1. The van der Waals surface area contributed by atoms with Gasteiger partial charge < -0.3 is 4.74 Å². The van der Waals surface area contributed by atoms with Crippen LogP contribution >= 0.6 is 0 Å². The van der Waals surface area contributed by atoms with Crippen molar-refractivity contribution >= 4 is 21.9 Å². The van der Waals surface area contributed by atoms with Gasteiger partial charge in [0, 0.05) is 0 Å². The lowest BCUT2D eigenvalue weighted by Crippen LogP contribution is -2.39. The molecule has 2 aromatic rings. The molecule has 0 aromatic heterocycles. The maximum atomic E-state index is 12.8. The zero-order valence-electron chi connectivity index (χ0n) is 12.9.